The largest absolute Gasteiger partial charge is 0.372 e. The Hall–Kier alpha value is -3.02. The highest BCUT2D eigenvalue weighted by Crippen LogP contribution is 2.25. The molecule has 4 aromatic rings. The van der Waals surface area contributed by atoms with Crippen LogP contribution in [0.1, 0.15) is 31.0 Å². The van der Waals surface area contributed by atoms with Crippen LogP contribution in [-0.4, -0.2) is 19.5 Å². The smallest absolute Gasteiger partial charge is 0.141 e. The number of imidazole rings is 1. The number of nitrogens with one attached hydrogen (secondary N) is 1. The van der Waals surface area contributed by atoms with Gasteiger partial charge in [0.25, 0.3) is 0 Å². The number of fused-ring (bicyclic) bond motifs is 1. The lowest BCUT2D eigenvalue weighted by Gasteiger charge is -2.29. The summed E-state index contributed by atoms with van der Waals surface area (Å²) in [5, 5.41) is 14.3. The van der Waals surface area contributed by atoms with Gasteiger partial charge in [-0.05, 0) is 43.7 Å². The third-order valence-electron chi connectivity index (χ3n) is 4.79. The van der Waals surface area contributed by atoms with Crippen molar-refractivity contribution >= 4 is 5.65 Å². The van der Waals surface area contributed by atoms with E-state index in [0.29, 0.717) is 0 Å². The Morgan fingerprint density at radius 1 is 1.00 bits per heavy atom. The first-order chi connectivity index (χ1) is 13.0. The molecule has 0 fully saturated rings. The Balaban J connectivity index is 1.62. The summed E-state index contributed by atoms with van der Waals surface area (Å²) < 4.78 is 1.95. The van der Waals surface area contributed by atoms with Gasteiger partial charge in [0.2, 0.25) is 0 Å². The number of hydrogen-bond donors (Lipinski definition) is 2. The minimum atomic E-state index is -1.19. The van der Waals surface area contributed by atoms with Crippen molar-refractivity contribution in [1.29, 1.82) is 0 Å². The van der Waals surface area contributed by atoms with Crippen molar-refractivity contribution in [2.75, 3.05) is 0 Å². The molecule has 2 N–H and O–H groups in total. The number of benzene rings is 1. The second kappa shape index (κ2) is 6.95. The van der Waals surface area contributed by atoms with Crippen molar-refractivity contribution in [2.45, 2.75) is 25.6 Å². The van der Waals surface area contributed by atoms with Crippen LogP contribution in [0.5, 0.6) is 0 Å². The molecule has 0 radical (unpaired) electrons. The molecule has 5 heteroatoms. The normalized spacial score (nSPS) is 14.8. The van der Waals surface area contributed by atoms with E-state index in [1.54, 1.807) is 19.3 Å². The molecule has 2 atom stereocenters. The zero-order chi connectivity index (χ0) is 18.9. The number of nitrogens with zero attached hydrogens (tertiary/aromatic N) is 3. The molecule has 0 bridgehead atoms. The molecule has 0 amide bonds. The second-order valence-corrected chi connectivity index (χ2v) is 6.89. The van der Waals surface area contributed by atoms with Crippen LogP contribution >= 0.6 is 0 Å². The Kier molecular flexibility index (Phi) is 4.48. The summed E-state index contributed by atoms with van der Waals surface area (Å²) >= 11 is 0. The molecule has 3 aromatic heterocycles. The van der Waals surface area contributed by atoms with E-state index in [9.17, 15) is 5.11 Å². The number of aromatic nitrogens is 3. The van der Waals surface area contributed by atoms with Crippen LogP contribution in [0.25, 0.3) is 16.9 Å². The lowest BCUT2D eigenvalue weighted by molar-refractivity contribution is 0.00894. The number of pyridine rings is 2. The van der Waals surface area contributed by atoms with Crippen LogP contribution in [0.3, 0.4) is 0 Å². The van der Waals surface area contributed by atoms with Gasteiger partial charge in [-0.3, -0.25) is 10.3 Å². The molecule has 0 aliphatic rings. The first-order valence-electron chi connectivity index (χ1n) is 8.97. The topological polar surface area (TPSA) is 62.5 Å². The maximum atomic E-state index is 11.0. The van der Waals surface area contributed by atoms with Crippen molar-refractivity contribution in [3.05, 3.63) is 90.5 Å². The molecule has 0 aliphatic heterocycles. The fourth-order valence-corrected chi connectivity index (χ4v) is 3.27. The minimum Gasteiger partial charge on any atom is -0.372 e. The molecule has 0 spiro atoms. The maximum Gasteiger partial charge on any atom is 0.141 e. The van der Waals surface area contributed by atoms with Gasteiger partial charge >= 0.3 is 0 Å². The van der Waals surface area contributed by atoms with Crippen LogP contribution in [0.2, 0.25) is 0 Å². The molecule has 2 unspecified atom stereocenters. The fourth-order valence-electron chi connectivity index (χ4n) is 3.27. The molecular formula is C22H22N4O. The molecule has 3 heterocycles. The monoisotopic (exact) mass is 358 g/mol. The molecule has 0 saturated heterocycles. The average molecular weight is 358 g/mol. The highest BCUT2D eigenvalue weighted by Gasteiger charge is 2.26. The predicted octanol–water partition coefficient (Wildman–Crippen LogP) is 3.91. The summed E-state index contributed by atoms with van der Waals surface area (Å²) in [5.41, 5.74) is 3.47. The van der Waals surface area contributed by atoms with Crippen molar-refractivity contribution in [3.63, 3.8) is 0 Å². The molecule has 136 valence electrons. The van der Waals surface area contributed by atoms with E-state index in [4.69, 9.17) is 0 Å². The van der Waals surface area contributed by atoms with E-state index in [0.717, 1.165) is 28.0 Å². The molecule has 4 rings (SSSR count). The van der Waals surface area contributed by atoms with E-state index >= 15 is 0 Å². The minimum absolute atomic E-state index is 0.0265. The number of aliphatic hydroxyl groups is 1. The summed E-state index contributed by atoms with van der Waals surface area (Å²) in [6.45, 7) is 3.79. The van der Waals surface area contributed by atoms with Crippen LogP contribution in [0, 0.1) is 0 Å². The highest BCUT2D eigenvalue weighted by atomic mass is 16.3. The third-order valence-corrected chi connectivity index (χ3v) is 4.79. The van der Waals surface area contributed by atoms with Gasteiger partial charge in [0.05, 0.1) is 5.69 Å². The zero-order valence-electron chi connectivity index (χ0n) is 15.4. The van der Waals surface area contributed by atoms with Gasteiger partial charge in [-0.1, -0.05) is 30.3 Å². The quantitative estimate of drug-likeness (QED) is 0.531. The molecule has 1 aromatic carbocycles. The summed E-state index contributed by atoms with van der Waals surface area (Å²) in [6, 6.07) is 17.8. The molecule has 27 heavy (non-hydrogen) atoms. The van der Waals surface area contributed by atoms with E-state index in [2.05, 4.69) is 15.3 Å². The van der Waals surface area contributed by atoms with E-state index in [-0.39, 0.29) is 6.04 Å². The summed E-state index contributed by atoms with van der Waals surface area (Å²) in [4.78, 5) is 8.71. The van der Waals surface area contributed by atoms with Gasteiger partial charge in [0.15, 0.2) is 0 Å². The van der Waals surface area contributed by atoms with Crippen LogP contribution in [0.4, 0.5) is 0 Å². The van der Waals surface area contributed by atoms with E-state index in [1.165, 1.54) is 0 Å². The highest BCUT2D eigenvalue weighted by molar-refractivity contribution is 5.62. The summed E-state index contributed by atoms with van der Waals surface area (Å²) in [5.74, 6) is 0. The number of hydrogen-bond acceptors (Lipinski definition) is 4. The Morgan fingerprint density at radius 3 is 2.48 bits per heavy atom. The van der Waals surface area contributed by atoms with Gasteiger partial charge in [-0.2, -0.15) is 0 Å². The SMILES string of the molecule is CC(NC(C)(O)c1ccc2nc(-c3ccccc3)cn2c1)c1ccncc1. The Labute approximate surface area is 158 Å². The first kappa shape index (κ1) is 17.4. The lowest BCUT2D eigenvalue weighted by atomic mass is 10.0. The van der Waals surface area contributed by atoms with Crippen LogP contribution in [0.15, 0.2) is 79.4 Å². The van der Waals surface area contributed by atoms with Gasteiger partial charge in [-0.25, -0.2) is 4.98 Å². The maximum absolute atomic E-state index is 11.0. The fraction of sp³-hybridized carbons (Fsp3) is 0.182. The van der Waals surface area contributed by atoms with Gasteiger partial charge in [0.1, 0.15) is 11.4 Å². The van der Waals surface area contributed by atoms with Gasteiger partial charge in [0, 0.05) is 42.0 Å². The van der Waals surface area contributed by atoms with Crippen LogP contribution < -0.4 is 5.32 Å². The standard InChI is InChI=1S/C22H22N4O/c1-16(17-10-12-23-13-11-17)25-22(2,27)19-8-9-21-24-20(15-26(21)14-19)18-6-4-3-5-7-18/h3-16,25,27H,1-2H3. The van der Waals surface area contributed by atoms with Gasteiger partial charge in [-0.15, -0.1) is 0 Å². The summed E-state index contributed by atoms with van der Waals surface area (Å²) in [6.07, 6.45) is 7.41. The Morgan fingerprint density at radius 2 is 1.74 bits per heavy atom. The Bertz CT molecular complexity index is 1040. The second-order valence-electron chi connectivity index (χ2n) is 6.89. The van der Waals surface area contributed by atoms with Gasteiger partial charge < -0.3 is 9.51 Å². The molecule has 5 nitrogen and oxygen atoms in total. The van der Waals surface area contributed by atoms with Crippen LogP contribution in [-0.2, 0) is 5.72 Å². The molecular weight excluding hydrogens is 336 g/mol. The zero-order valence-corrected chi connectivity index (χ0v) is 15.4. The predicted molar refractivity (Wildman–Crippen MR) is 106 cm³/mol. The van der Waals surface area contributed by atoms with E-state index in [1.807, 2.05) is 78.3 Å². The lowest BCUT2D eigenvalue weighted by Crippen LogP contribution is -2.41. The van der Waals surface area contributed by atoms with Crippen molar-refractivity contribution in [1.82, 2.24) is 19.7 Å². The third kappa shape index (κ3) is 3.60. The molecule has 0 aliphatic carbocycles. The average Bonchev–Trinajstić information content (AvgIpc) is 3.12. The van der Waals surface area contributed by atoms with Crippen molar-refractivity contribution in [3.8, 4) is 11.3 Å². The first-order valence-corrected chi connectivity index (χ1v) is 8.97. The van der Waals surface area contributed by atoms with Crippen molar-refractivity contribution < 1.29 is 5.11 Å². The number of rotatable bonds is 5. The summed E-state index contributed by atoms with van der Waals surface area (Å²) in [7, 11) is 0. The van der Waals surface area contributed by atoms with Crippen molar-refractivity contribution in [2.24, 2.45) is 0 Å². The molecule has 0 saturated carbocycles. The van der Waals surface area contributed by atoms with E-state index < -0.39 is 5.72 Å².